The van der Waals surface area contributed by atoms with Crippen molar-refractivity contribution < 1.29 is 39.3 Å². The highest BCUT2D eigenvalue weighted by molar-refractivity contribution is 7.85. The number of rotatable bonds is 4. The molecule has 0 unspecified atom stereocenters. The summed E-state index contributed by atoms with van der Waals surface area (Å²) in [6.07, 6.45) is -10.8. The number of fused-ring (bicyclic) bond motifs is 1. The van der Waals surface area contributed by atoms with Crippen LogP contribution < -0.4 is 0 Å². The Balaban J connectivity index is 2.67. The molecular formula is C21H14F6O3S. The maximum atomic E-state index is 14.5. The van der Waals surface area contributed by atoms with Crippen molar-refractivity contribution in [3.05, 3.63) is 83.9 Å². The first-order valence-electron chi connectivity index (χ1n) is 8.61. The van der Waals surface area contributed by atoms with E-state index in [0.717, 1.165) is 24.3 Å². The monoisotopic (exact) mass is 460 g/mol. The third-order valence-electron chi connectivity index (χ3n) is 4.97. The van der Waals surface area contributed by atoms with Gasteiger partial charge in [0, 0.05) is 5.56 Å². The van der Waals surface area contributed by atoms with Gasteiger partial charge in [-0.2, -0.15) is 34.8 Å². The molecule has 0 aromatic heterocycles. The van der Waals surface area contributed by atoms with Gasteiger partial charge in [0.05, 0.1) is 4.90 Å². The smallest absolute Gasteiger partial charge is 0.282 e. The molecule has 3 rings (SSSR count). The van der Waals surface area contributed by atoms with Crippen LogP contribution in [0.5, 0.6) is 0 Å². The van der Waals surface area contributed by atoms with Gasteiger partial charge < -0.3 is 0 Å². The fourth-order valence-corrected chi connectivity index (χ4v) is 4.40. The third kappa shape index (κ3) is 3.59. The second-order valence-electron chi connectivity index (χ2n) is 6.71. The minimum Gasteiger partial charge on any atom is -0.282 e. The van der Waals surface area contributed by atoms with Crippen molar-refractivity contribution in [3.63, 3.8) is 0 Å². The molecule has 3 aromatic carbocycles. The summed E-state index contributed by atoms with van der Waals surface area (Å²) < 4.78 is 120. The first-order valence-corrected chi connectivity index (χ1v) is 10.1. The van der Waals surface area contributed by atoms with Crippen molar-refractivity contribution in [2.75, 3.05) is 0 Å². The first kappa shape index (κ1) is 22.8. The minimum atomic E-state index is -6.02. The second-order valence-corrected chi connectivity index (χ2v) is 8.10. The largest absolute Gasteiger partial charge is 0.411 e. The fraction of sp³-hybridized carbons (Fsp3) is 0.143. The number of alkyl halides is 6. The molecule has 0 saturated heterocycles. The molecule has 0 spiro atoms. The Morgan fingerprint density at radius 3 is 1.84 bits per heavy atom. The summed E-state index contributed by atoms with van der Waals surface area (Å²) in [5.74, 6) is 0. The molecule has 0 aliphatic carbocycles. The molecule has 31 heavy (non-hydrogen) atoms. The van der Waals surface area contributed by atoms with Crippen LogP contribution in [0.25, 0.3) is 16.8 Å². The van der Waals surface area contributed by atoms with Crippen molar-refractivity contribution in [1.82, 2.24) is 0 Å². The normalized spacial score (nSPS) is 13.4. The Hall–Kier alpha value is -2.85. The topological polar surface area (TPSA) is 54.4 Å². The summed E-state index contributed by atoms with van der Waals surface area (Å²) in [6.45, 7) is 3.41. The number of benzene rings is 3. The highest BCUT2D eigenvalue weighted by Crippen LogP contribution is 2.58. The van der Waals surface area contributed by atoms with E-state index in [9.17, 15) is 39.3 Å². The Kier molecular flexibility index (Phi) is 5.44. The number of hydrogen-bond donors (Lipinski definition) is 1. The van der Waals surface area contributed by atoms with Gasteiger partial charge >= 0.3 is 12.4 Å². The molecule has 0 radical (unpaired) electrons. The lowest BCUT2D eigenvalue weighted by atomic mass is 9.71. The zero-order valence-corrected chi connectivity index (χ0v) is 16.3. The Morgan fingerprint density at radius 2 is 1.35 bits per heavy atom. The molecule has 3 nitrogen and oxygen atoms in total. The zero-order valence-electron chi connectivity index (χ0n) is 15.5. The Labute approximate surface area is 173 Å². The first-order chi connectivity index (χ1) is 14.2. The summed E-state index contributed by atoms with van der Waals surface area (Å²) in [4.78, 5) is -1.48. The molecule has 0 aliphatic heterocycles. The van der Waals surface area contributed by atoms with E-state index in [1.807, 2.05) is 0 Å². The van der Waals surface area contributed by atoms with Gasteiger partial charge in [0.15, 0.2) is 0 Å². The Bertz CT molecular complexity index is 1230. The maximum absolute atomic E-state index is 14.5. The minimum absolute atomic E-state index is 0.0644. The van der Waals surface area contributed by atoms with E-state index in [-0.39, 0.29) is 10.9 Å². The van der Waals surface area contributed by atoms with Crippen LogP contribution in [0, 0.1) is 0 Å². The van der Waals surface area contributed by atoms with Gasteiger partial charge in [0.25, 0.3) is 10.1 Å². The van der Waals surface area contributed by atoms with E-state index >= 15 is 0 Å². The van der Waals surface area contributed by atoms with Gasteiger partial charge in [-0.25, -0.2) is 0 Å². The molecule has 164 valence electrons. The van der Waals surface area contributed by atoms with Gasteiger partial charge in [-0.3, -0.25) is 4.55 Å². The number of hydrogen-bond acceptors (Lipinski definition) is 2. The molecular weight excluding hydrogens is 446 g/mol. The molecule has 1 N–H and O–H groups in total. The van der Waals surface area contributed by atoms with E-state index in [1.54, 1.807) is 0 Å². The van der Waals surface area contributed by atoms with Crippen LogP contribution in [0.1, 0.15) is 16.7 Å². The number of halogens is 6. The highest BCUT2D eigenvalue weighted by atomic mass is 32.2. The van der Waals surface area contributed by atoms with Crippen LogP contribution in [0.15, 0.2) is 72.1 Å². The Morgan fingerprint density at radius 1 is 0.806 bits per heavy atom. The second kappa shape index (κ2) is 7.38. The van der Waals surface area contributed by atoms with Gasteiger partial charge in [-0.05, 0) is 28.0 Å². The third-order valence-corrected chi connectivity index (χ3v) is 5.87. The molecule has 0 heterocycles. The van der Waals surface area contributed by atoms with Gasteiger partial charge in [-0.15, -0.1) is 0 Å². The van der Waals surface area contributed by atoms with E-state index in [4.69, 9.17) is 0 Å². The summed E-state index contributed by atoms with van der Waals surface area (Å²) >= 11 is 0. The van der Waals surface area contributed by atoms with Crippen molar-refractivity contribution in [1.29, 1.82) is 0 Å². The zero-order chi connectivity index (χ0) is 23.2. The molecule has 0 amide bonds. The van der Waals surface area contributed by atoms with Crippen LogP contribution >= 0.6 is 0 Å². The van der Waals surface area contributed by atoms with E-state index < -0.39 is 49.3 Å². The molecule has 0 fully saturated rings. The highest BCUT2D eigenvalue weighted by Gasteiger charge is 2.73. The molecule has 0 atom stereocenters. The van der Waals surface area contributed by atoms with Crippen LogP contribution in [0.4, 0.5) is 26.3 Å². The van der Waals surface area contributed by atoms with Crippen LogP contribution in [-0.2, 0) is 15.5 Å². The van der Waals surface area contributed by atoms with E-state index in [1.165, 1.54) is 24.3 Å². The van der Waals surface area contributed by atoms with Gasteiger partial charge in [0.2, 0.25) is 5.41 Å². The standard InChI is InChI=1S/C21H14F6O3S/c1-2-13-7-10-15(11-8-13)19(20(22,23)24,21(25,26)27)18-16-6-4-3-5-14(16)9-12-17(18)31(28,29)30/h2-12H,1H2,(H,28,29,30). The van der Waals surface area contributed by atoms with Crippen molar-refractivity contribution >= 4 is 27.0 Å². The summed E-state index contributed by atoms with van der Waals surface area (Å²) in [5.41, 5.74) is -7.35. The van der Waals surface area contributed by atoms with Gasteiger partial charge in [0.1, 0.15) is 0 Å². The average Bonchev–Trinajstić information content (AvgIpc) is 2.66. The lowest BCUT2D eigenvalue weighted by Crippen LogP contribution is -2.55. The van der Waals surface area contributed by atoms with Crippen LogP contribution in [0.2, 0.25) is 0 Å². The lowest BCUT2D eigenvalue weighted by molar-refractivity contribution is -0.288. The predicted molar refractivity (Wildman–Crippen MR) is 103 cm³/mol. The quantitative estimate of drug-likeness (QED) is 0.376. The van der Waals surface area contributed by atoms with E-state index in [2.05, 4.69) is 6.58 Å². The fourth-order valence-electron chi connectivity index (χ4n) is 3.64. The molecule has 3 aromatic rings. The summed E-state index contributed by atoms with van der Waals surface area (Å²) in [7, 11) is -5.47. The average molecular weight is 460 g/mol. The SMILES string of the molecule is C=Cc1ccc(C(c2c(S(=O)(=O)O)ccc3ccccc23)(C(F)(F)F)C(F)(F)F)cc1. The summed E-state index contributed by atoms with van der Waals surface area (Å²) in [6, 6.07) is 9.56. The van der Waals surface area contributed by atoms with E-state index in [0.29, 0.717) is 18.2 Å². The molecule has 0 bridgehead atoms. The molecule has 0 aliphatic rings. The lowest BCUT2D eigenvalue weighted by Gasteiger charge is -2.39. The van der Waals surface area contributed by atoms with Crippen molar-refractivity contribution in [3.8, 4) is 0 Å². The van der Waals surface area contributed by atoms with Crippen LogP contribution in [-0.4, -0.2) is 25.3 Å². The van der Waals surface area contributed by atoms with Crippen molar-refractivity contribution in [2.24, 2.45) is 0 Å². The molecule has 0 saturated carbocycles. The maximum Gasteiger partial charge on any atom is 0.411 e. The van der Waals surface area contributed by atoms with Crippen LogP contribution in [0.3, 0.4) is 0 Å². The summed E-state index contributed by atoms with van der Waals surface area (Å²) in [5, 5.41) is -0.675. The van der Waals surface area contributed by atoms with Gasteiger partial charge in [-0.1, -0.05) is 67.3 Å². The predicted octanol–water partition coefficient (Wildman–Crippen LogP) is 6.14. The van der Waals surface area contributed by atoms with Crippen molar-refractivity contribution in [2.45, 2.75) is 22.7 Å². The molecule has 10 heteroatoms.